The van der Waals surface area contributed by atoms with Crippen molar-refractivity contribution < 1.29 is 8.42 Å². The highest BCUT2D eigenvalue weighted by atomic mass is 32.2. The summed E-state index contributed by atoms with van der Waals surface area (Å²) in [6, 6.07) is 7.56. The summed E-state index contributed by atoms with van der Waals surface area (Å²) >= 11 is 0. The number of nitrogens with two attached hydrogens (primary N) is 1. The van der Waals surface area contributed by atoms with E-state index >= 15 is 0 Å². The van der Waals surface area contributed by atoms with E-state index in [0.29, 0.717) is 25.2 Å². The van der Waals surface area contributed by atoms with Gasteiger partial charge in [-0.2, -0.15) is 0 Å². The number of sulfonamides is 1. The van der Waals surface area contributed by atoms with Crippen molar-refractivity contribution in [1.29, 1.82) is 0 Å². The molecule has 5 heteroatoms. The fraction of sp³-hybridized carbons (Fsp3) is 0.600. The Morgan fingerprint density at radius 2 is 1.70 bits per heavy atom. The molecule has 20 heavy (non-hydrogen) atoms. The molecule has 0 spiro atoms. The maximum absolute atomic E-state index is 12.6. The molecule has 0 aliphatic carbocycles. The summed E-state index contributed by atoms with van der Waals surface area (Å²) in [5.74, 6) is 0.123. The van der Waals surface area contributed by atoms with Crippen LogP contribution in [0.3, 0.4) is 0 Å². The van der Waals surface area contributed by atoms with Crippen molar-refractivity contribution in [2.45, 2.75) is 34.1 Å². The van der Waals surface area contributed by atoms with Gasteiger partial charge in [0.2, 0.25) is 10.0 Å². The summed E-state index contributed by atoms with van der Waals surface area (Å²) in [6.45, 7) is 8.69. The molecule has 0 fully saturated rings. The second kappa shape index (κ2) is 6.59. The first-order chi connectivity index (χ1) is 9.15. The van der Waals surface area contributed by atoms with Gasteiger partial charge >= 0.3 is 0 Å². The fourth-order valence-corrected chi connectivity index (χ4v) is 4.10. The molecule has 0 atom stereocenters. The van der Waals surface area contributed by atoms with Gasteiger partial charge in [0.15, 0.2) is 0 Å². The van der Waals surface area contributed by atoms with Crippen molar-refractivity contribution in [3.63, 3.8) is 0 Å². The Bertz CT molecular complexity index is 516. The molecule has 0 radical (unpaired) electrons. The van der Waals surface area contributed by atoms with Gasteiger partial charge in [0.05, 0.1) is 11.4 Å². The second-order valence-electron chi connectivity index (χ2n) is 6.37. The highest BCUT2D eigenvalue weighted by Crippen LogP contribution is 2.24. The van der Waals surface area contributed by atoms with Gasteiger partial charge in [-0.05, 0) is 37.4 Å². The van der Waals surface area contributed by atoms with E-state index in [9.17, 15) is 8.42 Å². The molecule has 0 saturated carbocycles. The Labute approximate surface area is 123 Å². The van der Waals surface area contributed by atoms with E-state index in [2.05, 4.69) is 0 Å². The molecule has 1 rings (SSSR count). The lowest BCUT2D eigenvalue weighted by Gasteiger charge is -2.28. The van der Waals surface area contributed by atoms with Gasteiger partial charge in [-0.15, -0.1) is 0 Å². The smallest absolute Gasteiger partial charge is 0.235 e. The van der Waals surface area contributed by atoms with Crippen LogP contribution in [-0.2, 0) is 10.0 Å². The van der Waals surface area contributed by atoms with Crippen LogP contribution in [-0.4, -0.2) is 27.3 Å². The van der Waals surface area contributed by atoms with E-state index in [4.69, 9.17) is 5.73 Å². The molecule has 114 valence electrons. The van der Waals surface area contributed by atoms with Gasteiger partial charge in [0.25, 0.3) is 0 Å². The van der Waals surface area contributed by atoms with Crippen LogP contribution in [0.2, 0.25) is 0 Å². The predicted octanol–water partition coefficient (Wildman–Crippen LogP) is 2.53. The topological polar surface area (TPSA) is 63.4 Å². The fourth-order valence-electron chi connectivity index (χ4n) is 2.00. The molecule has 1 aromatic rings. The van der Waals surface area contributed by atoms with Crippen LogP contribution in [0.25, 0.3) is 0 Å². The third kappa shape index (κ3) is 5.13. The van der Waals surface area contributed by atoms with E-state index in [-0.39, 0.29) is 11.2 Å². The number of anilines is 1. The molecule has 0 bridgehead atoms. The summed E-state index contributed by atoms with van der Waals surface area (Å²) in [5, 5.41) is 0. The van der Waals surface area contributed by atoms with Crippen LogP contribution in [0.15, 0.2) is 24.3 Å². The zero-order valence-corrected chi connectivity index (χ0v) is 13.7. The Kier molecular flexibility index (Phi) is 5.59. The number of benzene rings is 1. The lowest BCUT2D eigenvalue weighted by atomic mass is 10.0. The summed E-state index contributed by atoms with van der Waals surface area (Å²) in [4.78, 5) is 0. The van der Waals surface area contributed by atoms with Crippen molar-refractivity contribution in [1.82, 2.24) is 0 Å². The van der Waals surface area contributed by atoms with Gasteiger partial charge in [-0.3, -0.25) is 4.31 Å². The first kappa shape index (κ1) is 17.0. The average Bonchev–Trinajstić information content (AvgIpc) is 2.28. The molecule has 1 aromatic carbocycles. The summed E-state index contributed by atoms with van der Waals surface area (Å²) in [7, 11) is -3.34. The normalized spacial score (nSPS) is 12.4. The lowest BCUT2D eigenvalue weighted by molar-refractivity contribution is 0.460. The van der Waals surface area contributed by atoms with Crippen LogP contribution in [0, 0.1) is 12.3 Å². The van der Waals surface area contributed by atoms with Gasteiger partial charge in [-0.1, -0.05) is 38.5 Å². The van der Waals surface area contributed by atoms with E-state index in [0.717, 1.165) is 5.56 Å². The molecule has 0 heterocycles. The minimum Gasteiger partial charge on any atom is -0.330 e. The van der Waals surface area contributed by atoms with Crippen LogP contribution in [0.5, 0.6) is 0 Å². The number of nitrogens with zero attached hydrogens (tertiary/aromatic N) is 1. The molecule has 0 aromatic heterocycles. The average molecular weight is 298 g/mol. The largest absolute Gasteiger partial charge is 0.330 e. The maximum Gasteiger partial charge on any atom is 0.235 e. The minimum absolute atomic E-state index is 0.123. The van der Waals surface area contributed by atoms with Gasteiger partial charge < -0.3 is 5.73 Å². The maximum atomic E-state index is 12.6. The van der Waals surface area contributed by atoms with Crippen LogP contribution < -0.4 is 10.0 Å². The second-order valence-corrected chi connectivity index (χ2v) is 8.26. The highest BCUT2D eigenvalue weighted by molar-refractivity contribution is 7.92. The Hall–Kier alpha value is -1.07. The predicted molar refractivity (Wildman–Crippen MR) is 85.4 cm³/mol. The van der Waals surface area contributed by atoms with Crippen LogP contribution in [0.1, 0.15) is 32.8 Å². The zero-order valence-electron chi connectivity index (χ0n) is 12.9. The van der Waals surface area contributed by atoms with Crippen molar-refractivity contribution in [3.05, 3.63) is 29.8 Å². The van der Waals surface area contributed by atoms with Crippen molar-refractivity contribution in [3.8, 4) is 0 Å². The van der Waals surface area contributed by atoms with E-state index in [1.807, 2.05) is 52.0 Å². The molecule has 0 unspecified atom stereocenters. The molecule has 0 amide bonds. The summed E-state index contributed by atoms with van der Waals surface area (Å²) in [5.41, 5.74) is 7.08. The lowest BCUT2D eigenvalue weighted by Crippen LogP contribution is -2.38. The van der Waals surface area contributed by atoms with Gasteiger partial charge in [0, 0.05) is 6.54 Å². The van der Waals surface area contributed by atoms with E-state index in [1.54, 1.807) is 0 Å². The SMILES string of the molecule is Cc1ccc(N(CCCN)S(=O)(=O)CC(C)(C)C)cc1. The number of hydrogen-bond acceptors (Lipinski definition) is 3. The van der Waals surface area contributed by atoms with Crippen LogP contribution in [0.4, 0.5) is 5.69 Å². The number of hydrogen-bond donors (Lipinski definition) is 1. The van der Waals surface area contributed by atoms with Crippen LogP contribution >= 0.6 is 0 Å². The van der Waals surface area contributed by atoms with Crippen molar-refractivity contribution in [2.75, 3.05) is 23.1 Å². The Balaban J connectivity index is 3.08. The first-order valence-electron chi connectivity index (χ1n) is 6.93. The molecule has 2 N–H and O–H groups in total. The molecule has 4 nitrogen and oxygen atoms in total. The molecular weight excluding hydrogens is 272 g/mol. The summed E-state index contributed by atoms with van der Waals surface area (Å²) in [6.07, 6.45) is 0.650. The monoisotopic (exact) mass is 298 g/mol. The molecule has 0 aliphatic rings. The Morgan fingerprint density at radius 3 is 2.15 bits per heavy atom. The van der Waals surface area contributed by atoms with Gasteiger partial charge in [0.1, 0.15) is 0 Å². The Morgan fingerprint density at radius 1 is 1.15 bits per heavy atom. The third-order valence-corrected chi connectivity index (χ3v) is 5.13. The molecular formula is C15H26N2O2S. The minimum atomic E-state index is -3.34. The zero-order chi connectivity index (χ0) is 15.4. The molecule has 0 saturated heterocycles. The quantitative estimate of drug-likeness (QED) is 0.877. The van der Waals surface area contributed by atoms with Crippen molar-refractivity contribution >= 4 is 15.7 Å². The molecule has 0 aliphatic heterocycles. The summed E-state index contributed by atoms with van der Waals surface area (Å²) < 4.78 is 26.7. The first-order valence-corrected chi connectivity index (χ1v) is 8.54. The van der Waals surface area contributed by atoms with E-state index < -0.39 is 10.0 Å². The van der Waals surface area contributed by atoms with Crippen molar-refractivity contribution in [2.24, 2.45) is 11.1 Å². The van der Waals surface area contributed by atoms with E-state index in [1.165, 1.54) is 4.31 Å². The number of aryl methyl sites for hydroxylation is 1. The standard InChI is InChI=1S/C15H26N2O2S/c1-13-6-8-14(9-7-13)17(11-5-10-16)20(18,19)12-15(2,3)4/h6-9H,5,10-12,16H2,1-4H3. The third-order valence-electron chi connectivity index (χ3n) is 2.84. The number of rotatable bonds is 6. The van der Waals surface area contributed by atoms with Gasteiger partial charge in [-0.25, -0.2) is 8.42 Å². The highest BCUT2D eigenvalue weighted by Gasteiger charge is 2.28.